The van der Waals surface area contributed by atoms with Crippen molar-refractivity contribution in [3.05, 3.63) is 64.2 Å². The van der Waals surface area contributed by atoms with Crippen LogP contribution in [-0.2, 0) is 18.3 Å². The number of rotatable bonds is 12. The number of hydrogen-bond donors (Lipinski definition) is 0. The van der Waals surface area contributed by atoms with Gasteiger partial charge in [-0.3, -0.25) is 0 Å². The Hall–Kier alpha value is -1.76. The molecule has 0 aromatic heterocycles. The van der Waals surface area contributed by atoms with Crippen LogP contribution in [0.5, 0.6) is 5.75 Å². The molecule has 0 N–H and O–H groups in total. The summed E-state index contributed by atoms with van der Waals surface area (Å²) < 4.78 is 5.93. The summed E-state index contributed by atoms with van der Waals surface area (Å²) in [5.74, 6) is 1.04. The Balaban J connectivity index is 1.65. The maximum atomic E-state index is 5.93. The third-order valence-corrected chi connectivity index (χ3v) is 7.70. The topological polar surface area (TPSA) is 9.23 Å². The number of hydrogen-bond acceptors (Lipinski definition) is 1. The van der Waals surface area contributed by atoms with E-state index in [-0.39, 0.29) is 0 Å². The van der Waals surface area contributed by atoms with Gasteiger partial charge in [-0.2, -0.15) is 0 Å². The van der Waals surface area contributed by atoms with Crippen molar-refractivity contribution in [2.24, 2.45) is 0 Å². The van der Waals surface area contributed by atoms with Crippen LogP contribution in [0.2, 0.25) is 0 Å². The van der Waals surface area contributed by atoms with Crippen molar-refractivity contribution in [1.82, 2.24) is 0 Å². The van der Waals surface area contributed by atoms with Crippen molar-refractivity contribution < 1.29 is 4.74 Å². The third kappa shape index (κ3) is 6.63. The molecule has 1 nitrogen and oxygen atoms in total. The maximum Gasteiger partial charge on any atom is 0.122 e. The molecule has 1 aliphatic carbocycles. The van der Waals surface area contributed by atoms with Crippen LogP contribution in [0.4, 0.5) is 0 Å². The van der Waals surface area contributed by atoms with Crippen molar-refractivity contribution >= 4 is 0 Å². The van der Waals surface area contributed by atoms with Gasteiger partial charge in [0.2, 0.25) is 0 Å². The third-order valence-electron chi connectivity index (χ3n) is 7.70. The van der Waals surface area contributed by atoms with E-state index in [4.69, 9.17) is 4.74 Å². The van der Waals surface area contributed by atoms with E-state index in [1.165, 1.54) is 86.5 Å². The van der Waals surface area contributed by atoms with Gasteiger partial charge < -0.3 is 4.74 Å². The summed E-state index contributed by atoms with van der Waals surface area (Å²) in [4.78, 5) is 0. The van der Waals surface area contributed by atoms with E-state index in [1.54, 1.807) is 5.56 Å². The van der Waals surface area contributed by atoms with Crippen LogP contribution in [0, 0.1) is 13.8 Å². The summed E-state index contributed by atoms with van der Waals surface area (Å²) in [6.07, 6.45) is 17.0. The molecule has 32 heavy (non-hydrogen) atoms. The minimum Gasteiger partial charge on any atom is -0.493 e. The Morgan fingerprint density at radius 3 is 2.25 bits per heavy atom. The predicted molar refractivity (Wildman–Crippen MR) is 139 cm³/mol. The van der Waals surface area contributed by atoms with Gasteiger partial charge in [0, 0.05) is 0 Å². The molecule has 0 bridgehead atoms. The summed E-state index contributed by atoms with van der Waals surface area (Å²) in [5.41, 5.74) is 7.74. The molecule has 0 saturated heterocycles. The number of aryl methyl sites for hydroxylation is 4. The molecule has 1 aliphatic rings. The van der Waals surface area contributed by atoms with E-state index in [0.29, 0.717) is 5.41 Å². The lowest BCUT2D eigenvalue weighted by molar-refractivity contribution is 0.266. The monoisotopic (exact) mass is 434 g/mol. The van der Waals surface area contributed by atoms with E-state index >= 15 is 0 Å². The van der Waals surface area contributed by atoms with Gasteiger partial charge in [0.05, 0.1) is 6.61 Å². The average Bonchev–Trinajstić information content (AvgIpc) is 2.80. The average molecular weight is 435 g/mol. The van der Waals surface area contributed by atoms with Crippen molar-refractivity contribution in [2.45, 2.75) is 117 Å². The highest BCUT2D eigenvalue weighted by molar-refractivity contribution is 5.39. The van der Waals surface area contributed by atoms with Gasteiger partial charge >= 0.3 is 0 Å². The van der Waals surface area contributed by atoms with Gasteiger partial charge in [0.25, 0.3) is 0 Å². The largest absolute Gasteiger partial charge is 0.493 e. The fourth-order valence-corrected chi connectivity index (χ4v) is 5.57. The molecular weight excluding hydrogens is 388 g/mol. The molecule has 0 spiro atoms. The number of benzene rings is 2. The van der Waals surface area contributed by atoms with Crippen molar-refractivity contribution in [2.75, 3.05) is 6.61 Å². The molecule has 0 unspecified atom stereocenters. The van der Waals surface area contributed by atoms with Gasteiger partial charge in [0.1, 0.15) is 5.75 Å². The molecular formula is C31H46O. The summed E-state index contributed by atoms with van der Waals surface area (Å²) in [6, 6.07) is 14.2. The van der Waals surface area contributed by atoms with Crippen LogP contribution in [-0.4, -0.2) is 6.61 Å². The van der Waals surface area contributed by atoms with Crippen molar-refractivity contribution in [1.29, 1.82) is 0 Å². The smallest absolute Gasteiger partial charge is 0.122 e. The molecule has 0 atom stereocenters. The van der Waals surface area contributed by atoms with E-state index in [9.17, 15) is 0 Å². The van der Waals surface area contributed by atoms with E-state index < -0.39 is 0 Å². The molecule has 2 aromatic carbocycles. The fraction of sp³-hybridized carbons (Fsp3) is 0.613. The highest BCUT2D eigenvalue weighted by Crippen LogP contribution is 2.44. The lowest BCUT2D eigenvalue weighted by Gasteiger charge is -2.38. The lowest BCUT2D eigenvalue weighted by Crippen LogP contribution is -2.29. The summed E-state index contributed by atoms with van der Waals surface area (Å²) in [6.45, 7) is 9.85. The Morgan fingerprint density at radius 2 is 1.56 bits per heavy atom. The van der Waals surface area contributed by atoms with Crippen LogP contribution < -0.4 is 4.74 Å². The van der Waals surface area contributed by atoms with Gasteiger partial charge in [-0.15, -0.1) is 0 Å². The first-order chi connectivity index (χ1) is 15.6. The Labute approximate surface area is 198 Å². The fourth-order valence-electron chi connectivity index (χ4n) is 5.57. The van der Waals surface area contributed by atoms with Crippen LogP contribution >= 0.6 is 0 Å². The van der Waals surface area contributed by atoms with E-state index in [2.05, 4.69) is 64.1 Å². The highest BCUT2D eigenvalue weighted by atomic mass is 16.5. The second-order valence-electron chi connectivity index (χ2n) is 10.2. The Bertz CT molecular complexity index is 828. The van der Waals surface area contributed by atoms with Gasteiger partial charge in [-0.05, 0) is 91.7 Å². The van der Waals surface area contributed by atoms with Gasteiger partial charge in [-0.25, -0.2) is 0 Å². The lowest BCUT2D eigenvalue weighted by atomic mass is 9.66. The second-order valence-corrected chi connectivity index (χ2v) is 10.2. The van der Waals surface area contributed by atoms with Crippen LogP contribution in [0.25, 0.3) is 0 Å². The van der Waals surface area contributed by atoms with Crippen LogP contribution in [0.3, 0.4) is 0 Å². The molecule has 2 aromatic rings. The molecule has 176 valence electrons. The van der Waals surface area contributed by atoms with Crippen molar-refractivity contribution in [3.63, 3.8) is 0 Å². The zero-order valence-electron chi connectivity index (χ0n) is 21.3. The summed E-state index contributed by atoms with van der Waals surface area (Å²) >= 11 is 0. The molecule has 0 amide bonds. The first-order valence-corrected chi connectivity index (χ1v) is 13.4. The Kier molecular flexibility index (Phi) is 9.69. The zero-order chi connectivity index (χ0) is 22.8. The predicted octanol–water partition coefficient (Wildman–Crippen LogP) is 9.05. The van der Waals surface area contributed by atoms with E-state index in [1.807, 2.05) is 0 Å². The number of ether oxygens (including phenoxy) is 1. The molecule has 0 radical (unpaired) electrons. The molecule has 0 aliphatic heterocycles. The Morgan fingerprint density at radius 1 is 0.781 bits per heavy atom. The molecule has 1 heteroatoms. The van der Waals surface area contributed by atoms with E-state index in [0.717, 1.165) is 31.6 Å². The molecule has 1 saturated carbocycles. The molecule has 1 fully saturated rings. The van der Waals surface area contributed by atoms with Crippen molar-refractivity contribution in [3.8, 4) is 5.75 Å². The first-order valence-electron chi connectivity index (χ1n) is 13.4. The molecule has 0 heterocycles. The zero-order valence-corrected chi connectivity index (χ0v) is 21.3. The maximum absolute atomic E-state index is 5.93. The van der Waals surface area contributed by atoms with Gasteiger partial charge in [0.15, 0.2) is 0 Å². The van der Waals surface area contributed by atoms with Crippen LogP contribution in [0.1, 0.15) is 112 Å². The number of unbranched alkanes of at least 4 members (excludes halogenated alkanes) is 3. The van der Waals surface area contributed by atoms with Crippen LogP contribution in [0.15, 0.2) is 36.4 Å². The normalized spacial score (nSPS) is 15.6. The summed E-state index contributed by atoms with van der Waals surface area (Å²) in [5, 5.41) is 0. The first kappa shape index (κ1) is 24.9. The molecule has 3 rings (SSSR count). The minimum absolute atomic E-state index is 0.446. The van der Waals surface area contributed by atoms with Gasteiger partial charge in [-0.1, -0.05) is 89.1 Å². The quantitative estimate of drug-likeness (QED) is 0.303. The highest BCUT2D eigenvalue weighted by Gasteiger charge is 2.33. The standard InChI is InChI=1S/C31H46O/c1-5-7-10-19-31(20-11-9-12-21-31)29-17-16-28(25(3)24-29)15-13-27-14-18-30(26(4)23-27)32-22-8-6-2/h14,16-18,23-24H,5-13,15,19-22H2,1-4H3. The minimum atomic E-state index is 0.446. The SMILES string of the molecule is CCCCCC1(c2ccc(CCc3ccc(OCCCC)c(C)c3)c(C)c2)CCCCC1. The summed E-state index contributed by atoms with van der Waals surface area (Å²) in [7, 11) is 0. The second kappa shape index (κ2) is 12.5.